The van der Waals surface area contributed by atoms with Gasteiger partial charge in [-0.3, -0.25) is 0 Å². The van der Waals surface area contributed by atoms with Gasteiger partial charge in [0, 0.05) is 0 Å². The number of halogens is 1. The second-order valence-corrected chi connectivity index (χ2v) is 1.16. The monoisotopic (exact) mass is 180 g/mol. The molecular formula is C5H5ClOZn. The van der Waals surface area contributed by atoms with E-state index in [0.29, 0.717) is 0 Å². The summed E-state index contributed by atoms with van der Waals surface area (Å²) in [5.74, 6) is 0.912. The molecule has 0 bridgehead atoms. The van der Waals surface area contributed by atoms with Gasteiger partial charge in [-0.15, -0.1) is 6.07 Å². The minimum absolute atomic E-state index is 0. The normalized spacial score (nSPS) is 6.62. The summed E-state index contributed by atoms with van der Waals surface area (Å²) in [6.07, 6.45) is 2.55. The summed E-state index contributed by atoms with van der Waals surface area (Å²) in [6.45, 7) is 1.89. The van der Waals surface area contributed by atoms with Gasteiger partial charge in [0.05, 0.1) is 0 Å². The topological polar surface area (TPSA) is 13.1 Å². The molecule has 1 aromatic rings. The maximum atomic E-state index is 4.71. The van der Waals surface area contributed by atoms with Crippen LogP contribution in [0.4, 0.5) is 0 Å². The molecule has 1 aromatic heterocycles. The fourth-order valence-corrected chi connectivity index (χ4v) is 0.312. The third kappa shape index (κ3) is 3.23. The van der Waals surface area contributed by atoms with Crippen molar-refractivity contribution >= 4 is 0 Å². The molecule has 0 N–H and O–H groups in total. The molecule has 0 aliphatic rings. The van der Waals surface area contributed by atoms with Crippen LogP contribution in [0.15, 0.2) is 16.5 Å². The summed E-state index contributed by atoms with van der Waals surface area (Å²) < 4.78 is 4.71. The second-order valence-electron chi connectivity index (χ2n) is 1.16. The third-order valence-electron chi connectivity index (χ3n) is 0.606. The van der Waals surface area contributed by atoms with Gasteiger partial charge in [-0.25, -0.2) is 0 Å². The van der Waals surface area contributed by atoms with Crippen molar-refractivity contribution in [2.75, 3.05) is 0 Å². The number of aryl methyl sites for hydroxylation is 1. The van der Waals surface area contributed by atoms with Crippen molar-refractivity contribution in [2.45, 2.75) is 6.92 Å². The number of rotatable bonds is 0. The SMILES string of the molecule is Cc1cc[c-]o1.[Cl-].[Zn+2]. The first-order chi connectivity index (χ1) is 2.89. The van der Waals surface area contributed by atoms with Crippen LogP contribution in [0.5, 0.6) is 0 Å². The number of hydrogen-bond donors (Lipinski definition) is 0. The first-order valence-electron chi connectivity index (χ1n) is 1.82. The summed E-state index contributed by atoms with van der Waals surface area (Å²) in [5.41, 5.74) is 0. The molecular weight excluding hydrogens is 177 g/mol. The summed E-state index contributed by atoms with van der Waals surface area (Å²) in [4.78, 5) is 0. The van der Waals surface area contributed by atoms with Gasteiger partial charge in [0.25, 0.3) is 0 Å². The molecule has 0 unspecified atom stereocenters. The predicted molar refractivity (Wildman–Crippen MR) is 22.3 cm³/mol. The van der Waals surface area contributed by atoms with E-state index in [-0.39, 0.29) is 31.9 Å². The third-order valence-corrected chi connectivity index (χ3v) is 0.606. The zero-order chi connectivity index (χ0) is 4.41. The van der Waals surface area contributed by atoms with Gasteiger partial charge < -0.3 is 16.8 Å². The molecule has 0 saturated heterocycles. The van der Waals surface area contributed by atoms with Crippen LogP contribution in [0.1, 0.15) is 5.76 Å². The van der Waals surface area contributed by atoms with E-state index in [2.05, 4.69) is 6.26 Å². The van der Waals surface area contributed by atoms with Crippen molar-refractivity contribution < 1.29 is 36.3 Å². The van der Waals surface area contributed by atoms with Crippen LogP contribution >= 0.6 is 0 Å². The first-order valence-corrected chi connectivity index (χ1v) is 1.82. The minimum atomic E-state index is 0. The van der Waals surface area contributed by atoms with E-state index in [4.69, 9.17) is 4.42 Å². The first kappa shape index (κ1) is 11.1. The smallest absolute Gasteiger partial charge is 1.00 e. The standard InChI is InChI=1S/C5H5O.ClH.Zn/c1-5-3-2-4-6-5;;/h2-3H,1H3;1H;/q-1;;+2/p-1. The Kier molecular flexibility index (Phi) is 7.37. The molecule has 0 fully saturated rings. The van der Waals surface area contributed by atoms with Gasteiger partial charge in [-0.2, -0.15) is 6.07 Å². The molecule has 0 radical (unpaired) electrons. The Balaban J connectivity index is 0. The predicted octanol–water partition coefficient (Wildman–Crippen LogP) is -1.61. The molecule has 0 spiro atoms. The molecule has 0 aliphatic heterocycles. The molecule has 1 heterocycles. The maximum absolute atomic E-state index is 4.71. The Bertz CT molecular complexity index is 116. The quantitative estimate of drug-likeness (QED) is 0.347. The van der Waals surface area contributed by atoms with E-state index in [9.17, 15) is 0 Å². The fourth-order valence-electron chi connectivity index (χ4n) is 0.312. The van der Waals surface area contributed by atoms with Crippen molar-refractivity contribution in [2.24, 2.45) is 0 Å². The molecule has 0 saturated carbocycles. The Morgan fingerprint density at radius 1 is 1.62 bits per heavy atom. The van der Waals surface area contributed by atoms with Crippen molar-refractivity contribution in [1.82, 2.24) is 0 Å². The average molecular weight is 182 g/mol. The Morgan fingerprint density at radius 2 is 2.25 bits per heavy atom. The zero-order valence-electron chi connectivity index (χ0n) is 4.65. The van der Waals surface area contributed by atoms with Crippen molar-refractivity contribution in [1.29, 1.82) is 0 Å². The molecule has 1 nitrogen and oxygen atoms in total. The molecule has 1 rings (SSSR count). The van der Waals surface area contributed by atoms with Crippen LogP contribution in [-0.2, 0) is 19.5 Å². The maximum Gasteiger partial charge on any atom is 2.00 e. The van der Waals surface area contributed by atoms with Crippen molar-refractivity contribution in [3.8, 4) is 0 Å². The average Bonchev–Trinajstić information content (AvgIpc) is 1.86. The van der Waals surface area contributed by atoms with Crippen LogP contribution in [-0.4, -0.2) is 0 Å². The second kappa shape index (κ2) is 5.33. The zero-order valence-corrected chi connectivity index (χ0v) is 8.37. The van der Waals surface area contributed by atoms with Gasteiger partial charge in [-0.05, 0) is 6.26 Å². The largest absolute Gasteiger partial charge is 2.00 e. The number of hydrogen-bond acceptors (Lipinski definition) is 1. The van der Waals surface area contributed by atoms with E-state index < -0.39 is 0 Å². The van der Waals surface area contributed by atoms with Gasteiger partial charge in [0.2, 0.25) is 0 Å². The van der Waals surface area contributed by atoms with Gasteiger partial charge >= 0.3 is 19.5 Å². The molecule has 0 atom stereocenters. The Hall–Kier alpha value is 0.193. The molecule has 0 aromatic carbocycles. The van der Waals surface area contributed by atoms with Crippen LogP contribution in [0.25, 0.3) is 0 Å². The number of furan rings is 1. The molecule has 3 heteroatoms. The van der Waals surface area contributed by atoms with Crippen molar-refractivity contribution in [3.05, 3.63) is 24.2 Å². The summed E-state index contributed by atoms with van der Waals surface area (Å²) in [5, 5.41) is 0. The van der Waals surface area contributed by atoms with E-state index in [1.807, 2.05) is 13.0 Å². The molecule has 8 heavy (non-hydrogen) atoms. The summed E-state index contributed by atoms with van der Waals surface area (Å²) in [6, 6.07) is 3.61. The summed E-state index contributed by atoms with van der Waals surface area (Å²) >= 11 is 0. The van der Waals surface area contributed by atoms with Crippen LogP contribution in [0, 0.1) is 13.2 Å². The fraction of sp³-hybridized carbons (Fsp3) is 0.200. The molecule has 40 valence electrons. The van der Waals surface area contributed by atoms with E-state index >= 15 is 0 Å². The van der Waals surface area contributed by atoms with Crippen molar-refractivity contribution in [3.63, 3.8) is 0 Å². The van der Waals surface area contributed by atoms with Gasteiger partial charge in [0.15, 0.2) is 0 Å². The van der Waals surface area contributed by atoms with Crippen LogP contribution < -0.4 is 12.4 Å². The van der Waals surface area contributed by atoms with Crippen LogP contribution in [0.2, 0.25) is 0 Å². The Morgan fingerprint density at radius 3 is 2.38 bits per heavy atom. The van der Waals surface area contributed by atoms with E-state index in [0.717, 1.165) is 5.76 Å². The summed E-state index contributed by atoms with van der Waals surface area (Å²) in [7, 11) is 0. The van der Waals surface area contributed by atoms with Gasteiger partial charge in [-0.1, -0.05) is 12.7 Å². The van der Waals surface area contributed by atoms with Crippen LogP contribution in [0.3, 0.4) is 0 Å². The van der Waals surface area contributed by atoms with Gasteiger partial charge in [0.1, 0.15) is 0 Å². The van der Waals surface area contributed by atoms with E-state index in [1.165, 1.54) is 0 Å². The van der Waals surface area contributed by atoms with E-state index in [1.54, 1.807) is 6.07 Å². The minimum Gasteiger partial charge on any atom is -1.00 e. The Labute approximate surface area is 67.6 Å². The molecule has 0 aliphatic carbocycles. The molecule has 0 amide bonds.